The molecule has 1 aliphatic carbocycles. The summed E-state index contributed by atoms with van der Waals surface area (Å²) in [5.41, 5.74) is 1.23. The number of rotatable bonds is 6. The van der Waals surface area contributed by atoms with Gasteiger partial charge in [0, 0.05) is 43.3 Å². The first-order valence-electron chi connectivity index (χ1n) is 10.1. The van der Waals surface area contributed by atoms with Gasteiger partial charge < -0.3 is 20.7 Å². The third-order valence-electron chi connectivity index (χ3n) is 5.43. The van der Waals surface area contributed by atoms with Crippen molar-refractivity contribution in [3.05, 3.63) is 29.8 Å². The van der Waals surface area contributed by atoms with E-state index in [-0.39, 0.29) is 35.8 Å². The second-order valence-corrected chi connectivity index (χ2v) is 7.66. The van der Waals surface area contributed by atoms with Crippen molar-refractivity contribution in [3.63, 3.8) is 0 Å². The maximum absolute atomic E-state index is 12.4. The number of benzene rings is 1. The molecule has 0 radical (unpaired) electrons. The van der Waals surface area contributed by atoms with Crippen LogP contribution in [0.1, 0.15) is 55.8 Å². The number of amides is 3. The molecule has 1 saturated heterocycles. The summed E-state index contributed by atoms with van der Waals surface area (Å²) in [7, 11) is 0. The summed E-state index contributed by atoms with van der Waals surface area (Å²) in [6.07, 6.45) is 5.41. The van der Waals surface area contributed by atoms with Crippen LogP contribution in [0, 0.1) is 5.92 Å². The van der Waals surface area contributed by atoms with E-state index in [0.717, 1.165) is 45.1 Å². The Balaban J connectivity index is 1.40. The van der Waals surface area contributed by atoms with E-state index in [4.69, 9.17) is 4.74 Å². The van der Waals surface area contributed by atoms with Gasteiger partial charge in [-0.15, -0.1) is 0 Å². The third kappa shape index (κ3) is 5.79. The van der Waals surface area contributed by atoms with Gasteiger partial charge in [0.2, 0.25) is 11.8 Å². The van der Waals surface area contributed by atoms with Gasteiger partial charge in [0.25, 0.3) is 5.91 Å². The Labute approximate surface area is 165 Å². The number of anilines is 1. The lowest BCUT2D eigenvalue weighted by molar-refractivity contribution is -0.126. The molecule has 1 aliphatic heterocycles. The van der Waals surface area contributed by atoms with Gasteiger partial charge in [0.1, 0.15) is 0 Å². The molecule has 1 saturated carbocycles. The maximum atomic E-state index is 12.4. The van der Waals surface area contributed by atoms with Crippen molar-refractivity contribution < 1.29 is 19.1 Å². The van der Waals surface area contributed by atoms with Crippen LogP contribution in [-0.4, -0.2) is 43.0 Å². The molecule has 2 fully saturated rings. The second kappa shape index (κ2) is 9.68. The largest absolute Gasteiger partial charge is 0.376 e. The predicted molar refractivity (Wildman–Crippen MR) is 106 cm³/mol. The molecule has 0 aromatic heterocycles. The lowest BCUT2D eigenvalue weighted by atomic mass is 9.85. The zero-order valence-electron chi connectivity index (χ0n) is 16.3. The molecule has 0 spiro atoms. The van der Waals surface area contributed by atoms with Crippen LogP contribution in [0.2, 0.25) is 0 Å². The minimum atomic E-state index is -0.145. The van der Waals surface area contributed by atoms with E-state index in [0.29, 0.717) is 17.8 Å². The highest BCUT2D eigenvalue weighted by Gasteiger charge is 2.28. The fourth-order valence-corrected chi connectivity index (χ4v) is 3.84. The molecular formula is C21H29N3O4. The van der Waals surface area contributed by atoms with E-state index in [2.05, 4.69) is 16.0 Å². The number of ether oxygens (including phenoxy) is 1. The molecule has 152 valence electrons. The van der Waals surface area contributed by atoms with Crippen LogP contribution in [0.5, 0.6) is 0 Å². The molecule has 1 aromatic rings. The van der Waals surface area contributed by atoms with Crippen LogP contribution in [0.4, 0.5) is 5.69 Å². The molecule has 0 bridgehead atoms. The highest BCUT2D eigenvalue weighted by atomic mass is 16.5. The topological polar surface area (TPSA) is 96.5 Å². The van der Waals surface area contributed by atoms with Crippen LogP contribution in [-0.2, 0) is 14.3 Å². The third-order valence-corrected chi connectivity index (χ3v) is 5.43. The predicted octanol–water partition coefficient (Wildman–Crippen LogP) is 2.23. The van der Waals surface area contributed by atoms with Crippen molar-refractivity contribution in [3.8, 4) is 0 Å². The second-order valence-electron chi connectivity index (χ2n) is 7.66. The van der Waals surface area contributed by atoms with Gasteiger partial charge in [-0.05, 0) is 62.8 Å². The maximum Gasteiger partial charge on any atom is 0.251 e. The molecule has 1 heterocycles. The van der Waals surface area contributed by atoms with Crippen LogP contribution >= 0.6 is 0 Å². The molecule has 28 heavy (non-hydrogen) atoms. The highest BCUT2D eigenvalue weighted by molar-refractivity contribution is 5.95. The molecular weight excluding hydrogens is 358 g/mol. The SMILES string of the molecule is CC(=O)Nc1ccc(C(=O)NC2CCC(C(=O)NCC3CCCO3)CC2)cc1. The summed E-state index contributed by atoms with van der Waals surface area (Å²) in [5.74, 6) is -0.144. The Morgan fingerprint density at radius 1 is 1.04 bits per heavy atom. The lowest BCUT2D eigenvalue weighted by Gasteiger charge is -2.28. The van der Waals surface area contributed by atoms with E-state index < -0.39 is 0 Å². The molecule has 2 aliphatic rings. The Bertz CT molecular complexity index is 690. The Morgan fingerprint density at radius 2 is 1.75 bits per heavy atom. The van der Waals surface area contributed by atoms with Gasteiger partial charge in [-0.2, -0.15) is 0 Å². The van der Waals surface area contributed by atoms with Crippen molar-refractivity contribution in [2.45, 2.75) is 57.6 Å². The van der Waals surface area contributed by atoms with Gasteiger partial charge in [0.05, 0.1) is 6.10 Å². The van der Waals surface area contributed by atoms with Crippen molar-refractivity contribution >= 4 is 23.4 Å². The zero-order valence-corrected chi connectivity index (χ0v) is 16.3. The average Bonchev–Trinajstić information content (AvgIpc) is 3.20. The fourth-order valence-electron chi connectivity index (χ4n) is 3.84. The number of nitrogens with one attached hydrogen (secondary N) is 3. The number of hydrogen-bond donors (Lipinski definition) is 3. The summed E-state index contributed by atoms with van der Waals surface area (Å²) in [6, 6.07) is 6.91. The first kappa shape index (κ1) is 20.3. The number of carbonyl (C=O) groups is 3. The van der Waals surface area contributed by atoms with Crippen molar-refractivity contribution in [2.75, 3.05) is 18.5 Å². The quantitative estimate of drug-likeness (QED) is 0.697. The molecule has 3 amide bonds. The Morgan fingerprint density at radius 3 is 2.36 bits per heavy atom. The molecule has 1 aromatic carbocycles. The number of hydrogen-bond acceptors (Lipinski definition) is 4. The van der Waals surface area contributed by atoms with E-state index in [9.17, 15) is 14.4 Å². The number of carbonyl (C=O) groups excluding carboxylic acids is 3. The molecule has 1 atom stereocenters. The summed E-state index contributed by atoms with van der Waals surface area (Å²) >= 11 is 0. The van der Waals surface area contributed by atoms with Crippen molar-refractivity contribution in [1.82, 2.24) is 10.6 Å². The van der Waals surface area contributed by atoms with E-state index in [1.807, 2.05) is 0 Å². The summed E-state index contributed by atoms with van der Waals surface area (Å²) in [5, 5.41) is 8.75. The molecule has 1 unspecified atom stereocenters. The van der Waals surface area contributed by atoms with Gasteiger partial charge >= 0.3 is 0 Å². The van der Waals surface area contributed by atoms with Crippen LogP contribution < -0.4 is 16.0 Å². The van der Waals surface area contributed by atoms with Gasteiger partial charge in [-0.3, -0.25) is 14.4 Å². The Kier molecular flexibility index (Phi) is 7.03. The van der Waals surface area contributed by atoms with E-state index >= 15 is 0 Å². The smallest absolute Gasteiger partial charge is 0.251 e. The zero-order chi connectivity index (χ0) is 19.9. The first-order valence-corrected chi connectivity index (χ1v) is 10.1. The minimum absolute atomic E-state index is 0.0199. The van der Waals surface area contributed by atoms with Crippen LogP contribution in [0.15, 0.2) is 24.3 Å². The normalized spacial score (nSPS) is 24.4. The lowest BCUT2D eigenvalue weighted by Crippen LogP contribution is -2.42. The first-order chi connectivity index (χ1) is 13.5. The monoisotopic (exact) mass is 387 g/mol. The molecule has 7 nitrogen and oxygen atoms in total. The van der Waals surface area contributed by atoms with Crippen molar-refractivity contribution in [1.29, 1.82) is 0 Å². The summed E-state index contributed by atoms with van der Waals surface area (Å²) in [6.45, 7) is 2.84. The molecule has 3 rings (SSSR count). The minimum Gasteiger partial charge on any atom is -0.376 e. The molecule has 3 N–H and O–H groups in total. The summed E-state index contributed by atoms with van der Waals surface area (Å²) in [4.78, 5) is 35.8. The standard InChI is InChI=1S/C21H29N3O4/c1-14(25)23-17-8-6-16(7-9-17)21(27)24-18-10-4-15(5-11-18)20(26)22-13-19-3-2-12-28-19/h6-9,15,18-19H,2-5,10-13H2,1H3,(H,22,26)(H,23,25)(H,24,27). The van der Waals surface area contributed by atoms with Gasteiger partial charge in [-0.1, -0.05) is 0 Å². The van der Waals surface area contributed by atoms with Crippen molar-refractivity contribution in [2.24, 2.45) is 5.92 Å². The van der Waals surface area contributed by atoms with Crippen LogP contribution in [0.3, 0.4) is 0 Å². The van der Waals surface area contributed by atoms with E-state index in [1.54, 1.807) is 24.3 Å². The highest BCUT2D eigenvalue weighted by Crippen LogP contribution is 2.25. The molecule has 7 heteroatoms. The summed E-state index contributed by atoms with van der Waals surface area (Å²) < 4.78 is 5.54. The van der Waals surface area contributed by atoms with E-state index in [1.165, 1.54) is 6.92 Å². The van der Waals surface area contributed by atoms with Gasteiger partial charge in [0.15, 0.2) is 0 Å². The Hall–Kier alpha value is -2.41. The fraction of sp³-hybridized carbons (Fsp3) is 0.571. The van der Waals surface area contributed by atoms with Crippen LogP contribution in [0.25, 0.3) is 0 Å². The van der Waals surface area contributed by atoms with Gasteiger partial charge in [-0.25, -0.2) is 0 Å². The average molecular weight is 387 g/mol.